The lowest BCUT2D eigenvalue weighted by atomic mass is 10.0. The molecule has 0 saturated carbocycles. The monoisotopic (exact) mass is 553 g/mol. The van der Waals surface area contributed by atoms with Gasteiger partial charge >= 0.3 is 12.1 Å². The van der Waals surface area contributed by atoms with E-state index in [0.717, 1.165) is 16.7 Å². The molecule has 2 atom stereocenters. The molecule has 0 aromatic heterocycles. The number of benzene rings is 3. The fourth-order valence-electron chi connectivity index (χ4n) is 3.81. The lowest BCUT2D eigenvalue weighted by molar-refractivity contribution is -0.149. The SMILES string of the molecule is Cl.NCCCCC(NC(=O)OCc1ccccc1)C(=O)NC(Cc1ccccc1)C(=O)OCc1ccccc1. The molecule has 0 saturated heterocycles. The summed E-state index contributed by atoms with van der Waals surface area (Å²) in [4.78, 5) is 38.9. The molecule has 0 bridgehead atoms. The van der Waals surface area contributed by atoms with Crippen LogP contribution in [0.2, 0.25) is 0 Å². The number of nitrogens with two attached hydrogens (primary N) is 1. The van der Waals surface area contributed by atoms with Crippen LogP contribution >= 0.6 is 12.4 Å². The predicted octanol–water partition coefficient (Wildman–Crippen LogP) is 4.30. The fraction of sp³-hybridized carbons (Fsp3) is 0.300. The summed E-state index contributed by atoms with van der Waals surface area (Å²) in [5.41, 5.74) is 8.15. The number of alkyl carbamates (subject to hydrolysis) is 1. The number of carbonyl (C=O) groups is 3. The first-order chi connectivity index (χ1) is 18.5. The second-order valence-electron chi connectivity index (χ2n) is 8.89. The number of unbranched alkanes of at least 4 members (excludes halogenated alkanes) is 1. The van der Waals surface area contributed by atoms with Crippen molar-refractivity contribution >= 4 is 30.4 Å². The molecule has 4 N–H and O–H groups in total. The van der Waals surface area contributed by atoms with E-state index in [1.54, 1.807) is 0 Å². The van der Waals surface area contributed by atoms with E-state index in [1.165, 1.54) is 0 Å². The van der Waals surface area contributed by atoms with E-state index in [2.05, 4.69) is 10.6 Å². The summed E-state index contributed by atoms with van der Waals surface area (Å²) in [6, 6.07) is 26.1. The summed E-state index contributed by atoms with van der Waals surface area (Å²) in [5.74, 6) is -1.05. The van der Waals surface area contributed by atoms with Crippen LogP contribution in [0.4, 0.5) is 4.79 Å². The van der Waals surface area contributed by atoms with Crippen LogP contribution in [0, 0.1) is 0 Å². The maximum atomic E-state index is 13.3. The molecule has 2 amide bonds. The van der Waals surface area contributed by atoms with Crippen molar-refractivity contribution in [1.82, 2.24) is 10.6 Å². The fourth-order valence-corrected chi connectivity index (χ4v) is 3.81. The van der Waals surface area contributed by atoms with Crippen molar-refractivity contribution in [2.45, 2.75) is 51.0 Å². The van der Waals surface area contributed by atoms with E-state index in [4.69, 9.17) is 15.2 Å². The quantitative estimate of drug-likeness (QED) is 0.202. The molecule has 3 rings (SSSR count). The molecule has 2 unspecified atom stereocenters. The van der Waals surface area contributed by atoms with Crippen molar-refractivity contribution in [3.05, 3.63) is 108 Å². The van der Waals surface area contributed by atoms with Gasteiger partial charge in [-0.05, 0) is 42.5 Å². The van der Waals surface area contributed by atoms with Gasteiger partial charge in [-0.15, -0.1) is 12.4 Å². The number of amides is 2. The summed E-state index contributed by atoms with van der Waals surface area (Å²) >= 11 is 0. The van der Waals surface area contributed by atoms with Gasteiger partial charge in [-0.3, -0.25) is 4.79 Å². The van der Waals surface area contributed by atoms with Gasteiger partial charge in [0.15, 0.2) is 0 Å². The van der Waals surface area contributed by atoms with Gasteiger partial charge in [0.05, 0.1) is 0 Å². The number of rotatable bonds is 14. The summed E-state index contributed by atoms with van der Waals surface area (Å²) in [5, 5.41) is 5.44. The van der Waals surface area contributed by atoms with Crippen molar-refractivity contribution in [2.24, 2.45) is 5.73 Å². The summed E-state index contributed by atoms with van der Waals surface area (Å²) in [6.07, 6.45) is 1.19. The Kier molecular flexibility index (Phi) is 14.1. The lowest BCUT2D eigenvalue weighted by Gasteiger charge is -2.23. The van der Waals surface area contributed by atoms with Gasteiger partial charge < -0.3 is 25.8 Å². The van der Waals surface area contributed by atoms with Crippen LogP contribution in [0.1, 0.15) is 36.0 Å². The van der Waals surface area contributed by atoms with Gasteiger partial charge in [0.2, 0.25) is 5.91 Å². The molecular formula is C30H36ClN3O5. The molecule has 208 valence electrons. The highest BCUT2D eigenvalue weighted by Crippen LogP contribution is 2.10. The van der Waals surface area contributed by atoms with Crippen LogP contribution in [0.3, 0.4) is 0 Å². The van der Waals surface area contributed by atoms with Crippen molar-refractivity contribution in [3.8, 4) is 0 Å². The molecule has 0 heterocycles. The third kappa shape index (κ3) is 11.6. The summed E-state index contributed by atoms with van der Waals surface area (Å²) in [6.45, 7) is 0.631. The predicted molar refractivity (Wildman–Crippen MR) is 152 cm³/mol. The van der Waals surface area contributed by atoms with Crippen LogP contribution in [0.25, 0.3) is 0 Å². The Morgan fingerprint density at radius 1 is 0.667 bits per heavy atom. The Morgan fingerprint density at radius 3 is 1.72 bits per heavy atom. The zero-order valence-electron chi connectivity index (χ0n) is 21.8. The average Bonchev–Trinajstić information content (AvgIpc) is 2.95. The Bertz CT molecular complexity index is 1130. The molecule has 9 heteroatoms. The van der Waals surface area contributed by atoms with E-state index in [0.29, 0.717) is 25.8 Å². The van der Waals surface area contributed by atoms with Gasteiger partial charge in [-0.1, -0.05) is 91.0 Å². The zero-order valence-corrected chi connectivity index (χ0v) is 22.6. The first-order valence-electron chi connectivity index (χ1n) is 12.8. The maximum absolute atomic E-state index is 13.3. The van der Waals surface area contributed by atoms with Gasteiger partial charge in [0.1, 0.15) is 25.3 Å². The summed E-state index contributed by atoms with van der Waals surface area (Å²) in [7, 11) is 0. The molecule has 0 aliphatic heterocycles. The second-order valence-corrected chi connectivity index (χ2v) is 8.89. The normalized spacial score (nSPS) is 11.8. The van der Waals surface area contributed by atoms with E-state index in [1.807, 2.05) is 91.0 Å². The molecule has 0 spiro atoms. The first kappa shape index (κ1) is 31.3. The molecule has 0 aliphatic carbocycles. The highest BCUT2D eigenvalue weighted by molar-refractivity contribution is 5.89. The van der Waals surface area contributed by atoms with Crippen molar-refractivity contribution in [2.75, 3.05) is 6.54 Å². The van der Waals surface area contributed by atoms with Crippen LogP contribution in [-0.4, -0.2) is 36.6 Å². The van der Waals surface area contributed by atoms with E-state index >= 15 is 0 Å². The standard InChI is InChI=1S/C30H35N3O5.ClH/c31-19-11-10-18-26(33-30(36)38-22-25-16-8-3-9-17-25)28(34)32-27(20-23-12-4-1-5-13-23)29(35)37-21-24-14-6-2-7-15-24;/h1-9,12-17,26-27H,10-11,18-22,31H2,(H,32,34)(H,33,36);1H. The third-order valence-corrected chi connectivity index (χ3v) is 5.88. The zero-order chi connectivity index (χ0) is 27.0. The average molecular weight is 554 g/mol. The number of hydrogen-bond donors (Lipinski definition) is 3. The van der Waals surface area contributed by atoms with Crippen molar-refractivity contribution < 1.29 is 23.9 Å². The number of nitrogens with one attached hydrogen (secondary N) is 2. The molecule has 39 heavy (non-hydrogen) atoms. The van der Waals surface area contributed by atoms with Gasteiger partial charge in [0.25, 0.3) is 0 Å². The number of halogens is 1. The molecule has 0 aliphatic rings. The van der Waals surface area contributed by atoms with Gasteiger partial charge in [-0.2, -0.15) is 0 Å². The summed E-state index contributed by atoms with van der Waals surface area (Å²) < 4.78 is 10.8. The first-order valence-corrected chi connectivity index (χ1v) is 12.8. The minimum absolute atomic E-state index is 0. The van der Waals surface area contributed by atoms with Crippen LogP contribution in [0.15, 0.2) is 91.0 Å². The maximum Gasteiger partial charge on any atom is 0.408 e. The topological polar surface area (TPSA) is 120 Å². The van der Waals surface area contributed by atoms with Crippen LogP contribution in [0.5, 0.6) is 0 Å². The molecule has 3 aromatic carbocycles. The minimum Gasteiger partial charge on any atom is -0.459 e. The van der Waals surface area contributed by atoms with E-state index in [9.17, 15) is 14.4 Å². The van der Waals surface area contributed by atoms with Gasteiger partial charge in [0, 0.05) is 6.42 Å². The highest BCUT2D eigenvalue weighted by Gasteiger charge is 2.28. The Labute approximate surface area is 235 Å². The minimum atomic E-state index is -0.937. The number of carbonyl (C=O) groups excluding carboxylic acids is 3. The smallest absolute Gasteiger partial charge is 0.408 e. The molecule has 8 nitrogen and oxygen atoms in total. The number of esters is 1. The van der Waals surface area contributed by atoms with Crippen molar-refractivity contribution in [1.29, 1.82) is 0 Å². The largest absolute Gasteiger partial charge is 0.459 e. The van der Waals surface area contributed by atoms with Crippen molar-refractivity contribution in [3.63, 3.8) is 0 Å². The molecule has 3 aromatic rings. The number of hydrogen-bond acceptors (Lipinski definition) is 6. The number of ether oxygens (including phenoxy) is 2. The van der Waals surface area contributed by atoms with Gasteiger partial charge in [-0.25, -0.2) is 9.59 Å². The van der Waals surface area contributed by atoms with E-state index in [-0.39, 0.29) is 32.0 Å². The lowest BCUT2D eigenvalue weighted by Crippen LogP contribution is -2.52. The Morgan fingerprint density at radius 2 is 1.18 bits per heavy atom. The molecular weight excluding hydrogens is 518 g/mol. The Hall–Kier alpha value is -3.88. The molecule has 0 fully saturated rings. The van der Waals surface area contributed by atoms with E-state index < -0.39 is 30.1 Å². The van der Waals surface area contributed by atoms with Crippen LogP contribution in [-0.2, 0) is 38.7 Å². The molecule has 0 radical (unpaired) electrons. The highest BCUT2D eigenvalue weighted by atomic mass is 35.5. The van der Waals surface area contributed by atoms with Crippen LogP contribution < -0.4 is 16.4 Å². The third-order valence-electron chi connectivity index (χ3n) is 5.88. The Balaban J connectivity index is 0.00000533. The second kappa shape index (κ2) is 17.6.